The van der Waals surface area contributed by atoms with Crippen LogP contribution in [-0.4, -0.2) is 34.8 Å². The molecule has 0 aromatic carbocycles. The highest BCUT2D eigenvalue weighted by Gasteiger charge is 2.01. The second-order valence-electron chi connectivity index (χ2n) is 4.04. The van der Waals surface area contributed by atoms with Crippen LogP contribution in [0.2, 0.25) is 0 Å². The first-order chi connectivity index (χ1) is 8.81. The molecule has 18 heavy (non-hydrogen) atoms. The Labute approximate surface area is 107 Å². The number of nitrogens with zero attached hydrogens (tertiary/aromatic N) is 3. The molecule has 96 valence electrons. The molecule has 0 saturated heterocycles. The van der Waals surface area contributed by atoms with E-state index in [1.165, 1.54) is 0 Å². The van der Waals surface area contributed by atoms with E-state index in [2.05, 4.69) is 21.4 Å². The van der Waals surface area contributed by atoms with E-state index in [0.29, 0.717) is 0 Å². The van der Waals surface area contributed by atoms with Gasteiger partial charge in [-0.1, -0.05) is 6.07 Å². The molecule has 0 aliphatic carbocycles. The average molecular weight is 246 g/mol. The molecule has 0 aliphatic heterocycles. The van der Waals surface area contributed by atoms with Crippen molar-refractivity contribution in [3.05, 3.63) is 42.1 Å². The van der Waals surface area contributed by atoms with Gasteiger partial charge >= 0.3 is 0 Å². The SMILES string of the molecule is COCCNCc1ccc(-n2ccnc2C)nc1. The Kier molecular flexibility index (Phi) is 4.44. The van der Waals surface area contributed by atoms with Crippen LogP contribution in [0.3, 0.4) is 0 Å². The van der Waals surface area contributed by atoms with E-state index in [9.17, 15) is 0 Å². The average Bonchev–Trinajstić information content (AvgIpc) is 2.82. The van der Waals surface area contributed by atoms with Crippen molar-refractivity contribution in [1.29, 1.82) is 0 Å². The predicted molar refractivity (Wildman–Crippen MR) is 69.7 cm³/mol. The zero-order valence-corrected chi connectivity index (χ0v) is 10.8. The van der Waals surface area contributed by atoms with Gasteiger partial charge in [0.1, 0.15) is 11.6 Å². The third-order valence-corrected chi connectivity index (χ3v) is 2.69. The van der Waals surface area contributed by atoms with Crippen molar-refractivity contribution in [2.75, 3.05) is 20.3 Å². The molecule has 2 rings (SSSR count). The van der Waals surface area contributed by atoms with Crippen LogP contribution in [0.25, 0.3) is 5.82 Å². The fraction of sp³-hybridized carbons (Fsp3) is 0.385. The molecule has 0 fully saturated rings. The number of hydrogen-bond acceptors (Lipinski definition) is 4. The van der Waals surface area contributed by atoms with Crippen molar-refractivity contribution in [3.8, 4) is 5.82 Å². The van der Waals surface area contributed by atoms with E-state index < -0.39 is 0 Å². The second kappa shape index (κ2) is 6.28. The molecule has 0 saturated carbocycles. The van der Waals surface area contributed by atoms with Gasteiger partial charge < -0.3 is 10.1 Å². The molecule has 5 heteroatoms. The molecule has 2 aromatic rings. The number of nitrogens with one attached hydrogen (secondary N) is 1. The van der Waals surface area contributed by atoms with Gasteiger partial charge in [-0.05, 0) is 18.6 Å². The van der Waals surface area contributed by atoms with Crippen molar-refractivity contribution in [2.45, 2.75) is 13.5 Å². The minimum Gasteiger partial charge on any atom is -0.383 e. The lowest BCUT2D eigenvalue weighted by Gasteiger charge is -2.06. The van der Waals surface area contributed by atoms with Gasteiger partial charge in [0.25, 0.3) is 0 Å². The molecular weight excluding hydrogens is 228 g/mol. The Morgan fingerprint density at radius 1 is 1.33 bits per heavy atom. The van der Waals surface area contributed by atoms with Crippen molar-refractivity contribution in [3.63, 3.8) is 0 Å². The number of rotatable bonds is 6. The molecule has 0 radical (unpaired) electrons. The highest BCUT2D eigenvalue weighted by atomic mass is 16.5. The fourth-order valence-corrected chi connectivity index (χ4v) is 1.69. The quantitative estimate of drug-likeness (QED) is 0.781. The minimum absolute atomic E-state index is 0.722. The molecule has 0 bridgehead atoms. The Morgan fingerprint density at radius 2 is 2.22 bits per heavy atom. The highest BCUT2D eigenvalue weighted by molar-refractivity contribution is 5.26. The Balaban J connectivity index is 1.96. The Morgan fingerprint density at radius 3 is 2.83 bits per heavy atom. The predicted octanol–water partition coefficient (Wildman–Crippen LogP) is 1.31. The minimum atomic E-state index is 0.722. The lowest BCUT2D eigenvalue weighted by molar-refractivity contribution is 0.199. The number of hydrogen-bond donors (Lipinski definition) is 1. The summed E-state index contributed by atoms with van der Waals surface area (Å²) in [5.41, 5.74) is 1.16. The lowest BCUT2D eigenvalue weighted by atomic mass is 10.3. The van der Waals surface area contributed by atoms with E-state index in [4.69, 9.17) is 4.74 Å². The monoisotopic (exact) mass is 246 g/mol. The number of aromatic nitrogens is 3. The number of ether oxygens (including phenoxy) is 1. The molecule has 0 amide bonds. The van der Waals surface area contributed by atoms with Gasteiger partial charge in [-0.15, -0.1) is 0 Å². The van der Waals surface area contributed by atoms with Crippen LogP contribution >= 0.6 is 0 Å². The summed E-state index contributed by atoms with van der Waals surface area (Å²) in [6.07, 6.45) is 5.57. The summed E-state index contributed by atoms with van der Waals surface area (Å²) in [5, 5.41) is 3.28. The maximum Gasteiger partial charge on any atom is 0.137 e. The molecule has 0 atom stereocenters. The third kappa shape index (κ3) is 3.15. The van der Waals surface area contributed by atoms with Crippen LogP contribution < -0.4 is 5.32 Å². The number of aryl methyl sites for hydroxylation is 1. The van der Waals surface area contributed by atoms with Crippen LogP contribution in [0.15, 0.2) is 30.7 Å². The van der Waals surface area contributed by atoms with E-state index in [1.807, 2.05) is 30.0 Å². The van der Waals surface area contributed by atoms with Crippen LogP contribution in [0.4, 0.5) is 0 Å². The molecule has 0 aliphatic rings. The van der Waals surface area contributed by atoms with Crippen LogP contribution in [0.5, 0.6) is 0 Å². The van der Waals surface area contributed by atoms with Gasteiger partial charge in [-0.2, -0.15) is 0 Å². The Bertz CT molecular complexity index is 478. The van der Waals surface area contributed by atoms with E-state index in [0.717, 1.165) is 36.9 Å². The number of imidazole rings is 1. The molecular formula is C13H18N4O. The number of methoxy groups -OCH3 is 1. The summed E-state index contributed by atoms with van der Waals surface area (Å²) in [7, 11) is 1.70. The summed E-state index contributed by atoms with van der Waals surface area (Å²) in [6.45, 7) is 4.33. The zero-order valence-electron chi connectivity index (χ0n) is 10.8. The highest BCUT2D eigenvalue weighted by Crippen LogP contribution is 2.08. The standard InChI is InChI=1S/C13H18N4O/c1-11-15-5-7-17(11)13-4-3-12(10-16-13)9-14-6-8-18-2/h3-5,7,10,14H,6,8-9H2,1-2H3. The van der Waals surface area contributed by atoms with Crippen molar-refractivity contribution >= 4 is 0 Å². The molecule has 2 aromatic heterocycles. The smallest absolute Gasteiger partial charge is 0.137 e. The van der Waals surface area contributed by atoms with Crippen molar-refractivity contribution in [1.82, 2.24) is 19.9 Å². The van der Waals surface area contributed by atoms with Crippen molar-refractivity contribution < 1.29 is 4.74 Å². The molecule has 2 heterocycles. The topological polar surface area (TPSA) is 52.0 Å². The first kappa shape index (κ1) is 12.7. The van der Waals surface area contributed by atoms with Crippen molar-refractivity contribution in [2.24, 2.45) is 0 Å². The summed E-state index contributed by atoms with van der Waals surface area (Å²) < 4.78 is 6.93. The molecule has 0 spiro atoms. The van der Waals surface area contributed by atoms with E-state index in [1.54, 1.807) is 13.3 Å². The third-order valence-electron chi connectivity index (χ3n) is 2.69. The summed E-state index contributed by atoms with van der Waals surface area (Å²) >= 11 is 0. The fourth-order valence-electron chi connectivity index (χ4n) is 1.69. The second-order valence-corrected chi connectivity index (χ2v) is 4.04. The van der Waals surface area contributed by atoms with E-state index >= 15 is 0 Å². The van der Waals surface area contributed by atoms with Crippen LogP contribution in [0, 0.1) is 6.92 Å². The maximum atomic E-state index is 4.97. The summed E-state index contributed by atoms with van der Waals surface area (Å²) in [5.74, 6) is 1.83. The van der Waals surface area contributed by atoms with Gasteiger partial charge in [0.05, 0.1) is 6.61 Å². The van der Waals surface area contributed by atoms with Gasteiger partial charge in [0.15, 0.2) is 0 Å². The zero-order chi connectivity index (χ0) is 12.8. The molecule has 1 N–H and O–H groups in total. The van der Waals surface area contributed by atoms with Gasteiger partial charge in [0.2, 0.25) is 0 Å². The lowest BCUT2D eigenvalue weighted by Crippen LogP contribution is -2.18. The maximum absolute atomic E-state index is 4.97. The van der Waals surface area contributed by atoms with E-state index in [-0.39, 0.29) is 0 Å². The first-order valence-corrected chi connectivity index (χ1v) is 5.96. The van der Waals surface area contributed by atoms with Crippen LogP contribution in [0.1, 0.15) is 11.4 Å². The Hall–Kier alpha value is -1.72. The molecule has 5 nitrogen and oxygen atoms in total. The molecule has 0 unspecified atom stereocenters. The van der Waals surface area contributed by atoms with Gasteiger partial charge in [-0.3, -0.25) is 4.57 Å². The van der Waals surface area contributed by atoms with Gasteiger partial charge in [-0.25, -0.2) is 9.97 Å². The summed E-state index contributed by atoms with van der Waals surface area (Å²) in [4.78, 5) is 8.61. The largest absolute Gasteiger partial charge is 0.383 e. The number of pyridine rings is 1. The van der Waals surface area contributed by atoms with Crippen LogP contribution in [-0.2, 0) is 11.3 Å². The van der Waals surface area contributed by atoms with Gasteiger partial charge in [0, 0.05) is 38.8 Å². The normalized spacial score (nSPS) is 10.8. The summed E-state index contributed by atoms with van der Waals surface area (Å²) in [6, 6.07) is 4.07. The first-order valence-electron chi connectivity index (χ1n) is 5.96.